The molecule has 0 aliphatic heterocycles. The third-order valence-electron chi connectivity index (χ3n) is 3.34. The maximum absolute atomic E-state index is 12.6. The van der Waals surface area contributed by atoms with Gasteiger partial charge < -0.3 is 20.4 Å². The summed E-state index contributed by atoms with van der Waals surface area (Å²) in [6.45, 7) is 2.13. The Balaban J connectivity index is 1.89. The van der Waals surface area contributed by atoms with Crippen LogP contribution in [0.2, 0.25) is 5.02 Å². The molecule has 6 nitrogen and oxygen atoms in total. The van der Waals surface area contributed by atoms with Crippen molar-refractivity contribution < 1.29 is 17.9 Å². The zero-order valence-electron chi connectivity index (χ0n) is 13.7. The summed E-state index contributed by atoms with van der Waals surface area (Å²) in [5.74, 6) is 0.550. The molecule has 2 aromatic rings. The molecular weight excluding hydrogens is 373 g/mol. The Morgan fingerprint density at radius 2 is 2.15 bits per heavy atom. The lowest BCUT2D eigenvalue weighted by atomic mass is 10.2. The molecule has 2 rings (SSSR count). The van der Waals surface area contributed by atoms with Crippen LogP contribution in [-0.4, -0.2) is 29.3 Å². The van der Waals surface area contributed by atoms with Gasteiger partial charge in [-0.1, -0.05) is 11.6 Å². The number of nitrogens with one attached hydrogen (secondary N) is 3. The van der Waals surface area contributed by atoms with Gasteiger partial charge in [-0.05, 0) is 31.5 Å². The van der Waals surface area contributed by atoms with Gasteiger partial charge in [-0.2, -0.15) is 13.2 Å². The van der Waals surface area contributed by atoms with E-state index in [9.17, 15) is 18.0 Å². The molecule has 140 valence electrons. The molecule has 0 aliphatic rings. The number of hydrogen-bond acceptors (Lipinski definition) is 5. The number of aryl methyl sites for hydroxylation is 1. The largest absolute Gasteiger partial charge is 0.492 e. The summed E-state index contributed by atoms with van der Waals surface area (Å²) in [5, 5.41) is 10.0. The average Bonchev–Trinajstić information content (AvgIpc) is 2.56. The Morgan fingerprint density at radius 3 is 2.77 bits per heavy atom. The first kappa shape index (κ1) is 19.8. The van der Waals surface area contributed by atoms with Crippen LogP contribution in [0, 0.1) is 12.3 Å². The van der Waals surface area contributed by atoms with Gasteiger partial charge >= 0.3 is 6.18 Å². The van der Waals surface area contributed by atoms with Crippen molar-refractivity contribution in [3.63, 3.8) is 0 Å². The lowest BCUT2D eigenvalue weighted by Crippen LogP contribution is -2.20. The lowest BCUT2D eigenvalue weighted by molar-refractivity contribution is -0.137. The maximum Gasteiger partial charge on any atom is 0.416 e. The van der Waals surface area contributed by atoms with E-state index in [1.165, 1.54) is 6.07 Å². The topological polar surface area (TPSA) is 90.9 Å². The molecule has 0 saturated carbocycles. The number of alkyl halides is 3. The molecule has 3 N–H and O–H groups in total. The van der Waals surface area contributed by atoms with E-state index in [1.54, 1.807) is 6.92 Å². The second kappa shape index (κ2) is 8.22. The van der Waals surface area contributed by atoms with E-state index < -0.39 is 11.7 Å². The Labute approximate surface area is 151 Å². The molecule has 26 heavy (non-hydrogen) atoms. The third-order valence-corrected chi connectivity index (χ3v) is 3.64. The second-order valence-corrected chi connectivity index (χ2v) is 5.73. The standard InChI is InChI=1S/C16H16ClF3N4O2/c1-9-23-12(8-21)14(15(25)24-9)22-5-2-6-26-13-4-3-10(7-11(13)17)16(18,19)20/h3-4,7-8,21-22H,2,5-6H2,1H3,(H,23,24,25). The SMILES string of the molecule is Cc1nc(C=N)c(NCCCOc2ccc(C(F)(F)F)cc2Cl)c(=O)[nH]1. The molecular formula is C16H16ClF3N4O2. The van der Waals surface area contributed by atoms with Crippen LogP contribution in [-0.2, 0) is 6.18 Å². The van der Waals surface area contributed by atoms with Crippen LogP contribution in [0.25, 0.3) is 0 Å². The molecule has 0 spiro atoms. The zero-order chi connectivity index (χ0) is 19.3. The minimum atomic E-state index is -4.46. The number of aromatic nitrogens is 2. The van der Waals surface area contributed by atoms with Crippen molar-refractivity contribution in [3.8, 4) is 5.75 Å². The number of ether oxygens (including phenoxy) is 1. The van der Waals surface area contributed by atoms with E-state index in [-0.39, 0.29) is 34.3 Å². The number of halogens is 4. The Morgan fingerprint density at radius 1 is 1.42 bits per heavy atom. The smallest absolute Gasteiger partial charge is 0.416 e. The maximum atomic E-state index is 12.6. The fourth-order valence-corrected chi connectivity index (χ4v) is 2.38. The van der Waals surface area contributed by atoms with Crippen molar-refractivity contribution in [2.24, 2.45) is 0 Å². The summed E-state index contributed by atoms with van der Waals surface area (Å²) >= 11 is 5.80. The number of hydrogen-bond donors (Lipinski definition) is 3. The van der Waals surface area contributed by atoms with Crippen molar-refractivity contribution in [2.45, 2.75) is 19.5 Å². The van der Waals surface area contributed by atoms with E-state index in [2.05, 4.69) is 15.3 Å². The van der Waals surface area contributed by atoms with Gasteiger partial charge in [0.05, 0.1) is 17.2 Å². The molecule has 0 saturated heterocycles. The van der Waals surface area contributed by atoms with Gasteiger partial charge in [0.2, 0.25) is 0 Å². The molecule has 0 atom stereocenters. The average molecular weight is 389 g/mol. The van der Waals surface area contributed by atoms with E-state index in [1.807, 2.05) is 0 Å². The van der Waals surface area contributed by atoms with Crippen LogP contribution in [0.5, 0.6) is 5.75 Å². The normalized spacial score (nSPS) is 11.3. The van der Waals surface area contributed by atoms with Crippen LogP contribution >= 0.6 is 11.6 Å². The molecule has 0 fully saturated rings. The minimum absolute atomic E-state index is 0.127. The number of benzene rings is 1. The van der Waals surface area contributed by atoms with Crippen molar-refractivity contribution in [1.29, 1.82) is 5.41 Å². The molecule has 0 aliphatic carbocycles. The van der Waals surface area contributed by atoms with Crippen LogP contribution in [0.3, 0.4) is 0 Å². The van der Waals surface area contributed by atoms with E-state index in [0.29, 0.717) is 18.8 Å². The van der Waals surface area contributed by atoms with Crippen molar-refractivity contribution >= 4 is 23.5 Å². The van der Waals surface area contributed by atoms with Gasteiger partial charge in [0, 0.05) is 12.8 Å². The molecule has 0 unspecified atom stereocenters. The van der Waals surface area contributed by atoms with Crippen LogP contribution in [0.1, 0.15) is 23.5 Å². The molecule has 1 aromatic heterocycles. The van der Waals surface area contributed by atoms with E-state index in [4.69, 9.17) is 21.7 Å². The van der Waals surface area contributed by atoms with Crippen molar-refractivity contribution in [1.82, 2.24) is 9.97 Å². The molecule has 0 amide bonds. The lowest BCUT2D eigenvalue weighted by Gasteiger charge is -2.12. The first-order valence-corrected chi connectivity index (χ1v) is 7.95. The number of anilines is 1. The Hall–Kier alpha value is -2.55. The third kappa shape index (κ3) is 4.98. The van der Waals surface area contributed by atoms with E-state index in [0.717, 1.165) is 18.3 Å². The molecule has 1 heterocycles. The quantitative estimate of drug-likeness (QED) is 0.499. The summed E-state index contributed by atoms with van der Waals surface area (Å²) in [6, 6.07) is 2.87. The highest BCUT2D eigenvalue weighted by Gasteiger charge is 2.31. The minimum Gasteiger partial charge on any atom is -0.492 e. The monoisotopic (exact) mass is 388 g/mol. The van der Waals surface area contributed by atoms with Gasteiger partial charge in [0.25, 0.3) is 5.56 Å². The first-order chi connectivity index (χ1) is 12.2. The van der Waals surface area contributed by atoms with Gasteiger partial charge in [-0.25, -0.2) is 4.98 Å². The number of rotatable bonds is 7. The van der Waals surface area contributed by atoms with Crippen molar-refractivity contribution in [3.05, 3.63) is 50.7 Å². The zero-order valence-corrected chi connectivity index (χ0v) is 14.5. The summed E-state index contributed by atoms with van der Waals surface area (Å²) in [6.07, 6.45) is -3.04. The van der Waals surface area contributed by atoms with Gasteiger partial charge in [-0.3, -0.25) is 4.79 Å². The Kier molecular flexibility index (Phi) is 6.25. The van der Waals surface area contributed by atoms with Gasteiger partial charge in [-0.15, -0.1) is 0 Å². The van der Waals surface area contributed by atoms with E-state index >= 15 is 0 Å². The number of aromatic amines is 1. The first-order valence-electron chi connectivity index (χ1n) is 7.57. The van der Waals surface area contributed by atoms with Gasteiger partial charge in [0.1, 0.15) is 23.0 Å². The second-order valence-electron chi connectivity index (χ2n) is 5.33. The highest BCUT2D eigenvalue weighted by Crippen LogP contribution is 2.34. The predicted molar refractivity (Wildman–Crippen MR) is 92.5 cm³/mol. The number of H-pyrrole nitrogens is 1. The molecule has 1 aromatic carbocycles. The summed E-state index contributed by atoms with van der Waals surface area (Å²) < 4.78 is 43.1. The predicted octanol–water partition coefficient (Wildman–Crippen LogP) is 3.63. The molecule has 0 radical (unpaired) electrons. The molecule has 0 bridgehead atoms. The summed E-state index contributed by atoms with van der Waals surface area (Å²) in [4.78, 5) is 18.4. The highest BCUT2D eigenvalue weighted by atomic mass is 35.5. The number of nitrogens with zero attached hydrogens (tertiary/aromatic N) is 1. The van der Waals surface area contributed by atoms with Crippen LogP contribution in [0.15, 0.2) is 23.0 Å². The summed E-state index contributed by atoms with van der Waals surface area (Å²) in [5.41, 5.74) is -0.833. The van der Waals surface area contributed by atoms with Gasteiger partial charge in [0.15, 0.2) is 0 Å². The fourth-order valence-electron chi connectivity index (χ4n) is 2.14. The van der Waals surface area contributed by atoms with Crippen molar-refractivity contribution in [2.75, 3.05) is 18.5 Å². The highest BCUT2D eigenvalue weighted by molar-refractivity contribution is 6.32. The van der Waals surface area contributed by atoms with Crippen LogP contribution < -0.4 is 15.6 Å². The molecule has 10 heteroatoms. The van der Waals surface area contributed by atoms with Crippen LogP contribution in [0.4, 0.5) is 18.9 Å². The summed E-state index contributed by atoms with van der Waals surface area (Å²) in [7, 11) is 0. The Bertz CT molecular complexity index is 852. The fraction of sp³-hybridized carbons (Fsp3) is 0.312.